The molecule has 1 aromatic heterocycles. The molecule has 2 heterocycles. The fraction of sp³-hybridized carbons (Fsp3) is 0.800. The summed E-state index contributed by atoms with van der Waals surface area (Å²) < 4.78 is 2.14. The molecule has 5 heteroatoms. The van der Waals surface area contributed by atoms with Crippen LogP contribution < -0.4 is 5.32 Å². The summed E-state index contributed by atoms with van der Waals surface area (Å²) in [5.41, 5.74) is 0. The standard InChI is InChI=1S/C15H27N3S2/c1-4-7-16-13(15-12(2)19-10-11-20-15)5-6-14-17-8-9-18(14)3/h8-9,12-13,15-16H,4-7,10-11H2,1-3H3. The van der Waals surface area contributed by atoms with Gasteiger partial charge in [0.25, 0.3) is 0 Å². The third-order valence-corrected chi connectivity index (χ3v) is 7.14. The Bertz CT molecular complexity index is 394. The molecule has 0 radical (unpaired) electrons. The molecule has 3 nitrogen and oxygen atoms in total. The lowest BCUT2D eigenvalue weighted by molar-refractivity contribution is 0.456. The summed E-state index contributed by atoms with van der Waals surface area (Å²) in [5.74, 6) is 3.81. The highest BCUT2D eigenvalue weighted by Crippen LogP contribution is 2.34. The molecule has 3 unspecified atom stereocenters. The van der Waals surface area contributed by atoms with Crippen molar-refractivity contribution in [3.8, 4) is 0 Å². The van der Waals surface area contributed by atoms with E-state index in [1.54, 1.807) is 0 Å². The first-order valence-corrected chi connectivity index (χ1v) is 9.75. The average Bonchev–Trinajstić information content (AvgIpc) is 2.86. The summed E-state index contributed by atoms with van der Waals surface area (Å²) in [6, 6.07) is 0.611. The average molecular weight is 314 g/mol. The van der Waals surface area contributed by atoms with Gasteiger partial charge in [0.1, 0.15) is 5.82 Å². The van der Waals surface area contributed by atoms with Gasteiger partial charge in [-0.25, -0.2) is 4.98 Å². The second-order valence-electron chi connectivity index (χ2n) is 5.46. The maximum absolute atomic E-state index is 4.46. The minimum Gasteiger partial charge on any atom is -0.338 e. The van der Waals surface area contributed by atoms with Crippen LogP contribution in [0.3, 0.4) is 0 Å². The van der Waals surface area contributed by atoms with Crippen LogP contribution in [-0.2, 0) is 13.5 Å². The maximum Gasteiger partial charge on any atom is 0.108 e. The van der Waals surface area contributed by atoms with E-state index in [-0.39, 0.29) is 0 Å². The third kappa shape index (κ3) is 4.43. The van der Waals surface area contributed by atoms with E-state index in [4.69, 9.17) is 0 Å². The number of imidazole rings is 1. The topological polar surface area (TPSA) is 29.9 Å². The second-order valence-corrected chi connectivity index (χ2v) is 8.24. The predicted octanol–water partition coefficient (Wildman–Crippen LogP) is 2.96. The Kier molecular flexibility index (Phi) is 6.78. The van der Waals surface area contributed by atoms with Crippen molar-refractivity contribution in [1.82, 2.24) is 14.9 Å². The van der Waals surface area contributed by atoms with Crippen molar-refractivity contribution in [3.63, 3.8) is 0 Å². The van der Waals surface area contributed by atoms with Gasteiger partial charge in [-0.1, -0.05) is 13.8 Å². The molecular formula is C15H27N3S2. The summed E-state index contributed by atoms with van der Waals surface area (Å²) in [6.07, 6.45) is 7.40. The van der Waals surface area contributed by atoms with E-state index in [9.17, 15) is 0 Å². The number of hydrogen-bond acceptors (Lipinski definition) is 4. The number of nitrogens with zero attached hydrogens (tertiary/aromatic N) is 2. The number of hydrogen-bond donors (Lipinski definition) is 1. The monoisotopic (exact) mass is 313 g/mol. The van der Waals surface area contributed by atoms with Crippen molar-refractivity contribution in [2.45, 2.75) is 49.7 Å². The van der Waals surface area contributed by atoms with Gasteiger partial charge in [-0.05, 0) is 19.4 Å². The highest BCUT2D eigenvalue weighted by atomic mass is 32.2. The number of rotatable bonds is 7. The fourth-order valence-corrected chi connectivity index (χ4v) is 5.73. The number of aromatic nitrogens is 2. The van der Waals surface area contributed by atoms with E-state index in [1.807, 2.05) is 12.4 Å². The van der Waals surface area contributed by atoms with Crippen molar-refractivity contribution in [3.05, 3.63) is 18.2 Å². The number of thioether (sulfide) groups is 2. The Balaban J connectivity index is 1.93. The molecule has 1 saturated heterocycles. The maximum atomic E-state index is 4.46. The molecule has 0 amide bonds. The largest absolute Gasteiger partial charge is 0.338 e. The molecule has 1 aromatic rings. The lowest BCUT2D eigenvalue weighted by Crippen LogP contribution is -2.45. The van der Waals surface area contributed by atoms with Crippen LogP contribution >= 0.6 is 23.5 Å². The van der Waals surface area contributed by atoms with E-state index in [1.165, 1.54) is 30.2 Å². The zero-order valence-electron chi connectivity index (χ0n) is 12.8. The molecule has 1 aliphatic rings. The Morgan fingerprint density at radius 3 is 2.90 bits per heavy atom. The minimum atomic E-state index is 0.611. The molecule has 0 saturated carbocycles. The first kappa shape index (κ1) is 16.2. The van der Waals surface area contributed by atoms with Crippen LogP contribution in [0.1, 0.15) is 32.5 Å². The molecule has 2 rings (SSSR count). The van der Waals surface area contributed by atoms with Gasteiger partial charge >= 0.3 is 0 Å². The zero-order chi connectivity index (χ0) is 14.4. The summed E-state index contributed by atoms with van der Waals surface area (Å²) in [7, 11) is 2.09. The smallest absolute Gasteiger partial charge is 0.108 e. The van der Waals surface area contributed by atoms with Crippen LogP contribution in [0, 0.1) is 0 Å². The van der Waals surface area contributed by atoms with E-state index >= 15 is 0 Å². The van der Waals surface area contributed by atoms with Crippen molar-refractivity contribution >= 4 is 23.5 Å². The number of aryl methyl sites for hydroxylation is 2. The van der Waals surface area contributed by atoms with E-state index in [0.29, 0.717) is 6.04 Å². The summed E-state index contributed by atoms with van der Waals surface area (Å²) in [4.78, 5) is 4.46. The lowest BCUT2D eigenvalue weighted by Gasteiger charge is -2.35. The van der Waals surface area contributed by atoms with Crippen molar-refractivity contribution in [2.24, 2.45) is 7.05 Å². The van der Waals surface area contributed by atoms with Crippen LogP contribution in [-0.4, -0.2) is 44.1 Å². The Labute approximate surface area is 131 Å². The van der Waals surface area contributed by atoms with Gasteiger partial charge in [0.2, 0.25) is 0 Å². The van der Waals surface area contributed by atoms with Gasteiger partial charge < -0.3 is 9.88 Å². The van der Waals surface area contributed by atoms with Gasteiger partial charge in [0.15, 0.2) is 0 Å². The first-order valence-electron chi connectivity index (χ1n) is 7.65. The quantitative estimate of drug-likeness (QED) is 0.838. The SMILES string of the molecule is CCCNC(CCc1nccn1C)C1SCCSC1C. The minimum absolute atomic E-state index is 0.611. The first-order chi connectivity index (χ1) is 9.72. The highest BCUT2D eigenvalue weighted by molar-refractivity contribution is 8.07. The van der Waals surface area contributed by atoms with Crippen LogP contribution in [0.4, 0.5) is 0 Å². The predicted molar refractivity (Wildman–Crippen MR) is 91.8 cm³/mol. The molecule has 20 heavy (non-hydrogen) atoms. The van der Waals surface area contributed by atoms with Gasteiger partial charge in [-0.2, -0.15) is 23.5 Å². The number of nitrogens with one attached hydrogen (secondary N) is 1. The van der Waals surface area contributed by atoms with Crippen LogP contribution in [0.15, 0.2) is 12.4 Å². The molecule has 0 bridgehead atoms. The Morgan fingerprint density at radius 1 is 1.45 bits per heavy atom. The van der Waals surface area contributed by atoms with Gasteiger partial charge in [0.05, 0.1) is 0 Å². The molecule has 1 aliphatic heterocycles. The molecule has 0 aromatic carbocycles. The van der Waals surface area contributed by atoms with Crippen molar-refractivity contribution in [2.75, 3.05) is 18.1 Å². The van der Waals surface area contributed by atoms with Crippen molar-refractivity contribution < 1.29 is 0 Å². The summed E-state index contributed by atoms with van der Waals surface area (Å²) >= 11 is 4.29. The van der Waals surface area contributed by atoms with Gasteiger partial charge in [-0.15, -0.1) is 0 Å². The molecule has 0 spiro atoms. The molecule has 1 N–H and O–H groups in total. The van der Waals surface area contributed by atoms with Crippen molar-refractivity contribution in [1.29, 1.82) is 0 Å². The molecule has 0 aliphatic carbocycles. The molecule has 1 fully saturated rings. The summed E-state index contributed by atoms with van der Waals surface area (Å²) in [6.45, 7) is 5.76. The Hall–Kier alpha value is -0.130. The highest BCUT2D eigenvalue weighted by Gasteiger charge is 2.29. The fourth-order valence-electron chi connectivity index (χ4n) is 2.73. The van der Waals surface area contributed by atoms with E-state index in [2.05, 4.69) is 59.3 Å². The normalized spacial score (nSPS) is 24.8. The van der Waals surface area contributed by atoms with Crippen LogP contribution in [0.2, 0.25) is 0 Å². The molecule has 3 atom stereocenters. The van der Waals surface area contributed by atoms with E-state index in [0.717, 1.165) is 23.5 Å². The van der Waals surface area contributed by atoms with Gasteiger partial charge in [0, 0.05) is 53.9 Å². The van der Waals surface area contributed by atoms with Crippen LogP contribution in [0.25, 0.3) is 0 Å². The molecular weight excluding hydrogens is 286 g/mol. The third-order valence-electron chi connectivity index (χ3n) is 3.89. The summed E-state index contributed by atoms with van der Waals surface area (Å²) in [5, 5.41) is 5.27. The zero-order valence-corrected chi connectivity index (χ0v) is 14.5. The van der Waals surface area contributed by atoms with E-state index < -0.39 is 0 Å². The van der Waals surface area contributed by atoms with Gasteiger partial charge in [-0.3, -0.25) is 0 Å². The lowest BCUT2D eigenvalue weighted by atomic mass is 10.0. The Morgan fingerprint density at radius 2 is 2.25 bits per heavy atom. The second kappa shape index (κ2) is 8.35. The van der Waals surface area contributed by atoms with Crippen LogP contribution in [0.5, 0.6) is 0 Å². The molecule has 114 valence electrons.